The van der Waals surface area contributed by atoms with Gasteiger partial charge < -0.3 is 15.0 Å². The van der Waals surface area contributed by atoms with E-state index in [0.29, 0.717) is 18.4 Å². The molecule has 1 unspecified atom stereocenters. The van der Waals surface area contributed by atoms with Crippen LogP contribution < -0.4 is 5.32 Å². The molecule has 1 N–H and O–H groups in total. The van der Waals surface area contributed by atoms with Gasteiger partial charge in [-0.05, 0) is 31.2 Å². The highest BCUT2D eigenvalue weighted by atomic mass is 16.5. The molecule has 4 heteroatoms. The molecule has 0 bridgehead atoms. The largest absolute Gasteiger partial charge is 0.376 e. The lowest BCUT2D eigenvalue weighted by atomic mass is 10.1. The number of nitrogens with zero attached hydrogens (tertiary/aromatic N) is 2. The fraction of sp³-hybridized carbons (Fsp3) is 0.650. The van der Waals surface area contributed by atoms with Gasteiger partial charge in [0.25, 0.3) is 0 Å². The highest BCUT2D eigenvalue weighted by Gasteiger charge is 2.24. The molecule has 1 aliphatic heterocycles. The Bertz CT molecular complexity index is 487. The van der Waals surface area contributed by atoms with Crippen molar-refractivity contribution in [3.63, 3.8) is 0 Å². The van der Waals surface area contributed by atoms with E-state index in [4.69, 9.17) is 9.73 Å². The van der Waals surface area contributed by atoms with Gasteiger partial charge in [-0.25, -0.2) is 0 Å². The van der Waals surface area contributed by atoms with E-state index in [9.17, 15) is 0 Å². The number of ether oxygens (including phenoxy) is 1. The average Bonchev–Trinajstić information content (AvgIpc) is 3.03. The normalized spacial score (nSPS) is 18.4. The summed E-state index contributed by atoms with van der Waals surface area (Å²) in [5.74, 6) is 2.38. The van der Waals surface area contributed by atoms with Crippen LogP contribution in [0.3, 0.4) is 0 Å². The zero-order chi connectivity index (χ0) is 17.2. The van der Waals surface area contributed by atoms with Crippen molar-refractivity contribution in [3.05, 3.63) is 35.9 Å². The molecular formula is C20H33N3O. The highest BCUT2D eigenvalue weighted by molar-refractivity contribution is 5.80. The number of aliphatic imine (C=N–C) groups is 1. The van der Waals surface area contributed by atoms with E-state index in [-0.39, 0.29) is 0 Å². The molecule has 1 aromatic carbocycles. The van der Waals surface area contributed by atoms with E-state index < -0.39 is 0 Å². The van der Waals surface area contributed by atoms with Crippen LogP contribution in [-0.4, -0.2) is 43.6 Å². The van der Waals surface area contributed by atoms with E-state index in [0.717, 1.165) is 45.2 Å². The molecule has 1 aromatic rings. The molecule has 0 aliphatic carbocycles. The SMILES string of the molecule is CCNC(=NCCC(C)C)N1CCC(COCc2ccccc2)C1. The van der Waals surface area contributed by atoms with Crippen molar-refractivity contribution in [3.8, 4) is 0 Å². The number of hydrogen-bond donors (Lipinski definition) is 1. The van der Waals surface area contributed by atoms with Gasteiger partial charge in [0.1, 0.15) is 0 Å². The van der Waals surface area contributed by atoms with Crippen molar-refractivity contribution in [2.75, 3.05) is 32.8 Å². The van der Waals surface area contributed by atoms with Crippen molar-refractivity contribution >= 4 is 5.96 Å². The smallest absolute Gasteiger partial charge is 0.193 e. The molecule has 0 spiro atoms. The van der Waals surface area contributed by atoms with Gasteiger partial charge in [-0.3, -0.25) is 4.99 Å². The number of guanidine groups is 1. The highest BCUT2D eigenvalue weighted by Crippen LogP contribution is 2.17. The lowest BCUT2D eigenvalue weighted by Gasteiger charge is -2.22. The summed E-state index contributed by atoms with van der Waals surface area (Å²) in [5, 5.41) is 3.44. The average molecular weight is 332 g/mol. The topological polar surface area (TPSA) is 36.9 Å². The van der Waals surface area contributed by atoms with Gasteiger partial charge in [0.15, 0.2) is 5.96 Å². The van der Waals surface area contributed by atoms with E-state index in [2.05, 4.69) is 55.3 Å². The summed E-state index contributed by atoms with van der Waals surface area (Å²) >= 11 is 0. The van der Waals surface area contributed by atoms with Crippen LogP contribution >= 0.6 is 0 Å². The van der Waals surface area contributed by atoms with E-state index >= 15 is 0 Å². The van der Waals surface area contributed by atoms with Gasteiger partial charge in [0, 0.05) is 32.1 Å². The maximum Gasteiger partial charge on any atom is 0.193 e. The summed E-state index contributed by atoms with van der Waals surface area (Å²) in [5.41, 5.74) is 1.25. The first-order valence-corrected chi connectivity index (χ1v) is 9.34. The van der Waals surface area contributed by atoms with Crippen LogP contribution in [0, 0.1) is 11.8 Å². The van der Waals surface area contributed by atoms with Crippen LogP contribution in [-0.2, 0) is 11.3 Å². The van der Waals surface area contributed by atoms with Crippen LogP contribution in [0.15, 0.2) is 35.3 Å². The zero-order valence-corrected chi connectivity index (χ0v) is 15.5. The number of nitrogens with one attached hydrogen (secondary N) is 1. The van der Waals surface area contributed by atoms with Gasteiger partial charge in [0.05, 0.1) is 13.2 Å². The second-order valence-electron chi connectivity index (χ2n) is 7.02. The minimum absolute atomic E-state index is 0.600. The van der Waals surface area contributed by atoms with Crippen LogP contribution in [0.2, 0.25) is 0 Å². The minimum atomic E-state index is 0.600. The van der Waals surface area contributed by atoms with Crippen LogP contribution in [0.1, 0.15) is 39.2 Å². The first kappa shape index (κ1) is 18.8. The summed E-state index contributed by atoms with van der Waals surface area (Å²) in [6, 6.07) is 10.4. The molecule has 1 aliphatic rings. The molecule has 1 fully saturated rings. The van der Waals surface area contributed by atoms with Gasteiger partial charge in [-0.2, -0.15) is 0 Å². The molecule has 1 heterocycles. The maximum atomic E-state index is 5.92. The Labute approximate surface area is 147 Å². The predicted octanol–water partition coefficient (Wildman–Crippen LogP) is 3.54. The maximum absolute atomic E-state index is 5.92. The first-order valence-electron chi connectivity index (χ1n) is 9.34. The molecule has 4 nitrogen and oxygen atoms in total. The predicted molar refractivity (Wildman–Crippen MR) is 101 cm³/mol. The molecule has 134 valence electrons. The summed E-state index contributed by atoms with van der Waals surface area (Å²) in [4.78, 5) is 7.18. The number of rotatable bonds is 8. The van der Waals surface area contributed by atoms with Gasteiger partial charge in [-0.1, -0.05) is 44.2 Å². The van der Waals surface area contributed by atoms with Crippen molar-refractivity contribution in [1.82, 2.24) is 10.2 Å². The Hall–Kier alpha value is -1.55. The number of benzene rings is 1. The Balaban J connectivity index is 1.75. The monoisotopic (exact) mass is 331 g/mol. The third-order valence-electron chi connectivity index (χ3n) is 4.35. The summed E-state index contributed by atoms with van der Waals surface area (Å²) in [6.07, 6.45) is 2.33. The molecule has 0 radical (unpaired) electrons. The Morgan fingerprint density at radius 1 is 1.33 bits per heavy atom. The summed E-state index contributed by atoms with van der Waals surface area (Å²) in [6.45, 7) is 12.1. The lowest BCUT2D eigenvalue weighted by Crippen LogP contribution is -2.40. The van der Waals surface area contributed by atoms with Crippen LogP contribution in [0.5, 0.6) is 0 Å². The zero-order valence-electron chi connectivity index (χ0n) is 15.5. The molecule has 0 amide bonds. The fourth-order valence-corrected chi connectivity index (χ4v) is 2.93. The van der Waals surface area contributed by atoms with Gasteiger partial charge in [-0.15, -0.1) is 0 Å². The summed E-state index contributed by atoms with van der Waals surface area (Å²) in [7, 11) is 0. The van der Waals surface area contributed by atoms with Crippen LogP contribution in [0.4, 0.5) is 0 Å². The van der Waals surface area contributed by atoms with Gasteiger partial charge in [0.2, 0.25) is 0 Å². The van der Waals surface area contributed by atoms with Crippen LogP contribution in [0.25, 0.3) is 0 Å². The fourth-order valence-electron chi connectivity index (χ4n) is 2.93. The number of hydrogen-bond acceptors (Lipinski definition) is 2. The van der Waals surface area contributed by atoms with Crippen molar-refractivity contribution in [2.45, 2.75) is 40.2 Å². The third-order valence-corrected chi connectivity index (χ3v) is 4.35. The third kappa shape index (κ3) is 6.52. The summed E-state index contributed by atoms with van der Waals surface area (Å²) < 4.78 is 5.92. The van der Waals surface area contributed by atoms with Crippen molar-refractivity contribution < 1.29 is 4.74 Å². The molecule has 1 atom stereocenters. The second kappa shape index (κ2) is 10.3. The minimum Gasteiger partial charge on any atom is -0.376 e. The molecule has 0 aromatic heterocycles. The lowest BCUT2D eigenvalue weighted by molar-refractivity contribution is 0.0907. The molecule has 1 saturated heterocycles. The second-order valence-corrected chi connectivity index (χ2v) is 7.02. The molecular weight excluding hydrogens is 298 g/mol. The Morgan fingerprint density at radius 3 is 2.83 bits per heavy atom. The van der Waals surface area contributed by atoms with Crippen molar-refractivity contribution in [1.29, 1.82) is 0 Å². The Kier molecular flexibility index (Phi) is 8.10. The molecule has 2 rings (SSSR count). The van der Waals surface area contributed by atoms with E-state index in [1.165, 1.54) is 12.0 Å². The van der Waals surface area contributed by atoms with E-state index in [1.807, 2.05) is 6.07 Å². The standard InChI is InChI=1S/C20H33N3O/c1-4-21-20(22-12-10-17(2)3)23-13-11-19(14-23)16-24-15-18-8-6-5-7-9-18/h5-9,17,19H,4,10-16H2,1-3H3,(H,21,22). The number of likely N-dealkylation sites (tertiary alicyclic amines) is 1. The van der Waals surface area contributed by atoms with Crippen molar-refractivity contribution in [2.24, 2.45) is 16.8 Å². The first-order chi connectivity index (χ1) is 11.7. The Morgan fingerprint density at radius 2 is 2.12 bits per heavy atom. The van der Waals surface area contributed by atoms with Gasteiger partial charge >= 0.3 is 0 Å². The molecule has 24 heavy (non-hydrogen) atoms. The quantitative estimate of drug-likeness (QED) is 0.585. The molecule has 0 saturated carbocycles. The van der Waals surface area contributed by atoms with E-state index in [1.54, 1.807) is 0 Å².